The topological polar surface area (TPSA) is 64.6 Å². The first-order chi connectivity index (χ1) is 9.10. The zero-order valence-electron chi connectivity index (χ0n) is 11.3. The third-order valence-corrected chi connectivity index (χ3v) is 3.42. The predicted octanol–water partition coefficient (Wildman–Crippen LogP) is 1.51. The Labute approximate surface area is 111 Å². The number of carbonyl (C=O) groups is 2. The number of methoxy groups -OCH3 is 2. The molecule has 0 fully saturated rings. The Kier molecular flexibility index (Phi) is 3.74. The van der Waals surface area contributed by atoms with Crippen LogP contribution in [0, 0.1) is 0 Å². The second-order valence-corrected chi connectivity index (χ2v) is 4.50. The van der Waals surface area contributed by atoms with Gasteiger partial charge in [0.2, 0.25) is 5.91 Å². The Balaban J connectivity index is 2.44. The van der Waals surface area contributed by atoms with Crippen LogP contribution in [-0.2, 0) is 4.79 Å². The average Bonchev–Trinajstić information content (AvgIpc) is 2.74. The molecule has 1 aliphatic carbocycles. The fourth-order valence-electron chi connectivity index (χ4n) is 2.45. The van der Waals surface area contributed by atoms with Gasteiger partial charge in [-0.1, -0.05) is 0 Å². The van der Waals surface area contributed by atoms with Gasteiger partial charge < -0.3 is 14.8 Å². The highest BCUT2D eigenvalue weighted by Crippen LogP contribution is 2.42. The highest BCUT2D eigenvalue weighted by atomic mass is 16.5. The van der Waals surface area contributed by atoms with Gasteiger partial charge in [0.15, 0.2) is 5.78 Å². The van der Waals surface area contributed by atoms with Crippen LogP contribution in [0.5, 0.6) is 11.5 Å². The van der Waals surface area contributed by atoms with Crippen LogP contribution in [-0.4, -0.2) is 33.0 Å². The van der Waals surface area contributed by atoms with Crippen LogP contribution < -0.4 is 14.8 Å². The summed E-state index contributed by atoms with van der Waals surface area (Å²) in [6.45, 7) is 0. The van der Waals surface area contributed by atoms with Crippen molar-refractivity contribution in [3.63, 3.8) is 0 Å². The minimum atomic E-state index is -0.105. The Morgan fingerprint density at radius 3 is 2.68 bits per heavy atom. The monoisotopic (exact) mass is 263 g/mol. The molecule has 0 saturated carbocycles. The number of carbonyl (C=O) groups excluding carboxylic acids is 2. The summed E-state index contributed by atoms with van der Waals surface area (Å²) < 4.78 is 10.5. The van der Waals surface area contributed by atoms with Crippen LogP contribution in [0.3, 0.4) is 0 Å². The summed E-state index contributed by atoms with van der Waals surface area (Å²) in [4.78, 5) is 23.6. The number of Topliss-reactive ketones (excluding diaryl/α,β-unsaturated/α-hetero) is 1. The molecule has 1 aromatic rings. The molecule has 0 heterocycles. The molecule has 1 N–H and O–H groups in total. The van der Waals surface area contributed by atoms with E-state index < -0.39 is 0 Å². The Morgan fingerprint density at radius 2 is 2.11 bits per heavy atom. The smallest absolute Gasteiger partial charge is 0.220 e. The third kappa shape index (κ3) is 2.41. The van der Waals surface area contributed by atoms with Crippen molar-refractivity contribution < 1.29 is 19.1 Å². The van der Waals surface area contributed by atoms with E-state index in [0.717, 1.165) is 5.56 Å². The molecule has 5 heteroatoms. The van der Waals surface area contributed by atoms with Crippen molar-refractivity contribution in [2.45, 2.75) is 18.8 Å². The van der Waals surface area contributed by atoms with E-state index in [0.29, 0.717) is 29.9 Å². The lowest BCUT2D eigenvalue weighted by Crippen LogP contribution is -2.19. The Morgan fingerprint density at radius 1 is 1.37 bits per heavy atom. The lowest BCUT2D eigenvalue weighted by molar-refractivity contribution is -0.120. The molecular weight excluding hydrogens is 246 g/mol. The number of hydrogen-bond acceptors (Lipinski definition) is 4. The summed E-state index contributed by atoms with van der Waals surface area (Å²) in [6.07, 6.45) is 0.637. The molecule has 1 unspecified atom stereocenters. The molecule has 5 nitrogen and oxygen atoms in total. The first-order valence-corrected chi connectivity index (χ1v) is 6.10. The van der Waals surface area contributed by atoms with Gasteiger partial charge in [-0.3, -0.25) is 9.59 Å². The van der Waals surface area contributed by atoms with E-state index in [1.807, 2.05) is 6.07 Å². The summed E-state index contributed by atoms with van der Waals surface area (Å²) in [6, 6.07) is 3.51. The maximum Gasteiger partial charge on any atom is 0.220 e. The fraction of sp³-hybridized carbons (Fsp3) is 0.429. The van der Waals surface area contributed by atoms with Crippen molar-refractivity contribution in [2.24, 2.45) is 0 Å². The van der Waals surface area contributed by atoms with Gasteiger partial charge in [-0.25, -0.2) is 0 Å². The zero-order valence-corrected chi connectivity index (χ0v) is 11.3. The number of amides is 1. The van der Waals surface area contributed by atoms with Crippen LogP contribution in [0.4, 0.5) is 0 Å². The summed E-state index contributed by atoms with van der Waals surface area (Å²) in [5.74, 6) is 0.980. The number of benzene rings is 1. The number of fused-ring (bicyclic) bond motifs is 1. The fourth-order valence-corrected chi connectivity index (χ4v) is 2.45. The number of ketones is 1. The summed E-state index contributed by atoms with van der Waals surface area (Å²) >= 11 is 0. The highest BCUT2D eigenvalue weighted by Gasteiger charge is 2.34. The van der Waals surface area contributed by atoms with Crippen LogP contribution in [0.2, 0.25) is 0 Å². The molecule has 0 saturated heterocycles. The normalized spacial score (nSPS) is 17.0. The highest BCUT2D eigenvalue weighted by molar-refractivity contribution is 6.04. The van der Waals surface area contributed by atoms with E-state index >= 15 is 0 Å². The van der Waals surface area contributed by atoms with Crippen molar-refractivity contribution in [2.75, 3.05) is 21.3 Å². The SMILES string of the molecule is CNC(=O)CC1CC(=O)c2c(OC)cc(OC)cc21. The van der Waals surface area contributed by atoms with E-state index in [2.05, 4.69) is 5.32 Å². The minimum Gasteiger partial charge on any atom is -0.497 e. The predicted molar refractivity (Wildman–Crippen MR) is 69.9 cm³/mol. The van der Waals surface area contributed by atoms with Gasteiger partial charge in [0.25, 0.3) is 0 Å². The standard InChI is InChI=1S/C14H17NO4/c1-15-13(17)5-8-4-11(16)14-10(8)6-9(18-2)7-12(14)19-3/h6-8H,4-5H2,1-3H3,(H,15,17). The van der Waals surface area contributed by atoms with Gasteiger partial charge in [-0.15, -0.1) is 0 Å². The number of nitrogens with one attached hydrogen (secondary N) is 1. The number of rotatable bonds is 4. The lowest BCUT2D eigenvalue weighted by atomic mass is 9.97. The van der Waals surface area contributed by atoms with E-state index in [1.165, 1.54) is 7.11 Å². The van der Waals surface area contributed by atoms with E-state index in [4.69, 9.17) is 9.47 Å². The molecule has 19 heavy (non-hydrogen) atoms. The van der Waals surface area contributed by atoms with Gasteiger partial charge in [-0.2, -0.15) is 0 Å². The van der Waals surface area contributed by atoms with Gasteiger partial charge in [0.1, 0.15) is 11.5 Å². The van der Waals surface area contributed by atoms with Crippen LogP contribution in [0.1, 0.15) is 34.7 Å². The molecule has 0 spiro atoms. The van der Waals surface area contributed by atoms with Gasteiger partial charge in [0, 0.05) is 31.9 Å². The Bertz CT molecular complexity index is 524. The molecule has 2 rings (SSSR count). The van der Waals surface area contributed by atoms with E-state index in [-0.39, 0.29) is 17.6 Å². The lowest BCUT2D eigenvalue weighted by Gasteiger charge is -2.13. The van der Waals surface area contributed by atoms with Crippen molar-refractivity contribution in [3.8, 4) is 11.5 Å². The largest absolute Gasteiger partial charge is 0.497 e. The molecule has 0 aliphatic heterocycles. The maximum absolute atomic E-state index is 12.1. The average molecular weight is 263 g/mol. The first kappa shape index (κ1) is 13.4. The molecule has 1 aliphatic rings. The quantitative estimate of drug-likeness (QED) is 0.894. The van der Waals surface area contributed by atoms with Crippen molar-refractivity contribution in [1.29, 1.82) is 0 Å². The molecule has 0 aromatic heterocycles. The van der Waals surface area contributed by atoms with Crippen molar-refractivity contribution in [3.05, 3.63) is 23.3 Å². The van der Waals surface area contributed by atoms with Crippen LogP contribution >= 0.6 is 0 Å². The van der Waals surface area contributed by atoms with Gasteiger partial charge in [0.05, 0.1) is 19.8 Å². The number of hydrogen-bond donors (Lipinski definition) is 1. The van der Waals surface area contributed by atoms with Crippen molar-refractivity contribution in [1.82, 2.24) is 5.32 Å². The van der Waals surface area contributed by atoms with E-state index in [9.17, 15) is 9.59 Å². The van der Waals surface area contributed by atoms with E-state index in [1.54, 1.807) is 20.2 Å². The Hall–Kier alpha value is -2.04. The molecule has 0 bridgehead atoms. The summed E-state index contributed by atoms with van der Waals surface area (Å²) in [5, 5.41) is 2.58. The summed E-state index contributed by atoms with van der Waals surface area (Å²) in [7, 11) is 4.67. The first-order valence-electron chi connectivity index (χ1n) is 6.10. The van der Waals surface area contributed by atoms with Crippen LogP contribution in [0.15, 0.2) is 12.1 Å². The van der Waals surface area contributed by atoms with Crippen LogP contribution in [0.25, 0.3) is 0 Å². The minimum absolute atomic E-state index is 0.0170. The molecule has 1 atom stereocenters. The molecule has 102 valence electrons. The second-order valence-electron chi connectivity index (χ2n) is 4.50. The third-order valence-electron chi connectivity index (χ3n) is 3.42. The molecule has 1 amide bonds. The molecule has 1 aromatic carbocycles. The zero-order chi connectivity index (χ0) is 14.0. The summed E-state index contributed by atoms with van der Waals surface area (Å²) in [5.41, 5.74) is 1.42. The second kappa shape index (κ2) is 5.30. The van der Waals surface area contributed by atoms with Gasteiger partial charge >= 0.3 is 0 Å². The number of ether oxygens (including phenoxy) is 2. The molecule has 0 radical (unpaired) electrons. The van der Waals surface area contributed by atoms with Crippen molar-refractivity contribution >= 4 is 11.7 Å². The van der Waals surface area contributed by atoms with Gasteiger partial charge in [-0.05, 0) is 11.6 Å². The maximum atomic E-state index is 12.1. The molecular formula is C14H17NO4.